The molecule has 5 nitrogen and oxygen atoms in total. The molecule has 0 aromatic carbocycles. The first-order chi connectivity index (χ1) is 8.47. The van der Waals surface area contributed by atoms with Crippen LogP contribution < -0.4 is 5.32 Å². The predicted octanol–water partition coefficient (Wildman–Crippen LogP) is 2.06. The Bertz CT molecular complexity index is 489. The summed E-state index contributed by atoms with van der Waals surface area (Å²) in [5.74, 6) is -0.243. The molecule has 1 aromatic heterocycles. The van der Waals surface area contributed by atoms with Crippen molar-refractivity contribution in [2.75, 3.05) is 0 Å². The van der Waals surface area contributed by atoms with Gasteiger partial charge in [0.1, 0.15) is 5.54 Å². The van der Waals surface area contributed by atoms with Crippen molar-refractivity contribution in [1.29, 1.82) is 0 Å². The molecule has 1 saturated heterocycles. The molecule has 0 radical (unpaired) electrons. The number of halogens is 1. The summed E-state index contributed by atoms with van der Waals surface area (Å²) in [5.41, 5.74) is -0.0334. The highest BCUT2D eigenvalue weighted by atomic mass is 79.9. The fourth-order valence-corrected chi connectivity index (χ4v) is 2.14. The lowest BCUT2D eigenvalue weighted by Gasteiger charge is -2.30. The Hall–Kier alpha value is -1.43. The topological polar surface area (TPSA) is 62.3 Å². The van der Waals surface area contributed by atoms with Crippen LogP contribution in [-0.4, -0.2) is 27.4 Å². The van der Waals surface area contributed by atoms with E-state index < -0.39 is 5.54 Å². The van der Waals surface area contributed by atoms with Crippen molar-refractivity contribution >= 4 is 27.9 Å². The van der Waals surface area contributed by atoms with E-state index >= 15 is 0 Å². The standard InChI is InChI=1S/C12H14BrN3O2/c1-3-12(2)10(17)15-11(18)16(12)7-9-5-4-8(13)6-14-9/h4-6H,3,7H2,1-2H3,(H,15,17,18). The van der Waals surface area contributed by atoms with Crippen LogP contribution >= 0.6 is 15.9 Å². The zero-order valence-corrected chi connectivity index (χ0v) is 11.8. The van der Waals surface area contributed by atoms with Crippen LogP contribution in [0.25, 0.3) is 0 Å². The first-order valence-electron chi connectivity index (χ1n) is 5.71. The maximum absolute atomic E-state index is 11.8. The lowest BCUT2D eigenvalue weighted by Crippen LogP contribution is -2.46. The summed E-state index contributed by atoms with van der Waals surface area (Å²) in [6.07, 6.45) is 2.25. The molecular formula is C12H14BrN3O2. The number of amides is 3. The van der Waals surface area contributed by atoms with Crippen molar-refractivity contribution in [1.82, 2.24) is 15.2 Å². The molecule has 1 fully saturated rings. The molecule has 6 heteroatoms. The summed E-state index contributed by atoms with van der Waals surface area (Å²) in [6.45, 7) is 3.99. The molecule has 2 heterocycles. The highest BCUT2D eigenvalue weighted by Gasteiger charge is 2.47. The van der Waals surface area contributed by atoms with Crippen LogP contribution in [0.15, 0.2) is 22.8 Å². The van der Waals surface area contributed by atoms with Gasteiger partial charge in [-0.2, -0.15) is 0 Å². The molecular weight excluding hydrogens is 298 g/mol. The van der Waals surface area contributed by atoms with Crippen LogP contribution in [0.4, 0.5) is 4.79 Å². The Kier molecular flexibility index (Phi) is 3.38. The van der Waals surface area contributed by atoms with Crippen molar-refractivity contribution in [3.8, 4) is 0 Å². The Balaban J connectivity index is 2.24. The third-order valence-corrected chi connectivity index (χ3v) is 3.82. The van der Waals surface area contributed by atoms with E-state index in [1.54, 1.807) is 13.1 Å². The number of rotatable bonds is 3. The Morgan fingerprint density at radius 1 is 1.44 bits per heavy atom. The minimum absolute atomic E-state index is 0.243. The summed E-state index contributed by atoms with van der Waals surface area (Å²) in [4.78, 5) is 29.3. The van der Waals surface area contributed by atoms with Crippen molar-refractivity contribution in [3.63, 3.8) is 0 Å². The Morgan fingerprint density at radius 3 is 2.72 bits per heavy atom. The predicted molar refractivity (Wildman–Crippen MR) is 69.7 cm³/mol. The van der Waals surface area contributed by atoms with E-state index in [1.165, 1.54) is 4.90 Å². The van der Waals surface area contributed by atoms with Gasteiger partial charge >= 0.3 is 6.03 Å². The average molecular weight is 312 g/mol. The van der Waals surface area contributed by atoms with Gasteiger partial charge in [0, 0.05) is 10.7 Å². The summed E-state index contributed by atoms with van der Waals surface area (Å²) in [5, 5.41) is 2.35. The zero-order chi connectivity index (χ0) is 13.3. The second-order valence-electron chi connectivity index (χ2n) is 4.44. The molecule has 1 aromatic rings. The molecule has 0 spiro atoms. The SMILES string of the molecule is CCC1(C)C(=O)NC(=O)N1Cc1ccc(Br)cn1. The molecule has 0 saturated carbocycles. The van der Waals surface area contributed by atoms with Gasteiger partial charge in [-0.3, -0.25) is 15.1 Å². The molecule has 18 heavy (non-hydrogen) atoms. The first-order valence-corrected chi connectivity index (χ1v) is 6.50. The van der Waals surface area contributed by atoms with Gasteiger partial charge in [0.05, 0.1) is 12.2 Å². The summed E-state index contributed by atoms with van der Waals surface area (Å²) >= 11 is 3.31. The minimum Gasteiger partial charge on any atom is -0.304 e. The van der Waals surface area contributed by atoms with Crippen molar-refractivity contribution < 1.29 is 9.59 Å². The van der Waals surface area contributed by atoms with Crippen LogP contribution in [0.3, 0.4) is 0 Å². The molecule has 1 N–H and O–H groups in total. The van der Waals surface area contributed by atoms with Gasteiger partial charge in [-0.05, 0) is 41.4 Å². The van der Waals surface area contributed by atoms with E-state index in [2.05, 4.69) is 26.2 Å². The van der Waals surface area contributed by atoms with Crippen LogP contribution in [0.1, 0.15) is 26.0 Å². The number of nitrogens with one attached hydrogen (secondary N) is 1. The largest absolute Gasteiger partial charge is 0.325 e. The van der Waals surface area contributed by atoms with Gasteiger partial charge in [-0.1, -0.05) is 6.92 Å². The average Bonchev–Trinajstić information content (AvgIpc) is 2.56. The molecule has 0 bridgehead atoms. The smallest absolute Gasteiger partial charge is 0.304 e. The fraction of sp³-hybridized carbons (Fsp3) is 0.417. The number of hydrogen-bond acceptors (Lipinski definition) is 3. The van der Waals surface area contributed by atoms with E-state index in [0.717, 1.165) is 10.2 Å². The van der Waals surface area contributed by atoms with E-state index in [9.17, 15) is 9.59 Å². The highest BCUT2D eigenvalue weighted by molar-refractivity contribution is 9.10. The maximum atomic E-state index is 11.8. The second-order valence-corrected chi connectivity index (χ2v) is 5.36. The maximum Gasteiger partial charge on any atom is 0.325 e. The summed E-state index contributed by atoms with van der Waals surface area (Å²) in [6, 6.07) is 3.34. The molecule has 1 aliphatic heterocycles. The van der Waals surface area contributed by atoms with Crippen molar-refractivity contribution in [3.05, 3.63) is 28.5 Å². The van der Waals surface area contributed by atoms with Crippen molar-refractivity contribution in [2.45, 2.75) is 32.4 Å². The first kappa shape index (κ1) is 13.0. The number of carbonyl (C=O) groups excluding carboxylic acids is 2. The van der Waals surface area contributed by atoms with Gasteiger partial charge in [0.2, 0.25) is 0 Å². The number of hydrogen-bond donors (Lipinski definition) is 1. The number of carbonyl (C=O) groups is 2. The number of nitrogens with zero attached hydrogens (tertiary/aromatic N) is 2. The van der Waals surface area contributed by atoms with Crippen LogP contribution in [0.2, 0.25) is 0 Å². The molecule has 1 unspecified atom stereocenters. The van der Waals surface area contributed by atoms with Gasteiger partial charge in [0.15, 0.2) is 0 Å². The van der Waals surface area contributed by atoms with Crippen LogP contribution in [0, 0.1) is 0 Å². The third-order valence-electron chi connectivity index (χ3n) is 3.35. The molecule has 96 valence electrons. The molecule has 2 rings (SSSR count). The summed E-state index contributed by atoms with van der Waals surface area (Å²) < 4.78 is 0.881. The van der Waals surface area contributed by atoms with Crippen LogP contribution in [0.5, 0.6) is 0 Å². The van der Waals surface area contributed by atoms with Crippen LogP contribution in [-0.2, 0) is 11.3 Å². The quantitative estimate of drug-likeness (QED) is 0.869. The number of imide groups is 1. The highest BCUT2D eigenvalue weighted by Crippen LogP contribution is 2.26. The fourth-order valence-electron chi connectivity index (χ4n) is 1.91. The van der Waals surface area contributed by atoms with Gasteiger partial charge in [-0.15, -0.1) is 0 Å². The lowest BCUT2D eigenvalue weighted by molar-refractivity contribution is -0.126. The number of aromatic nitrogens is 1. The van der Waals surface area contributed by atoms with E-state index in [0.29, 0.717) is 13.0 Å². The van der Waals surface area contributed by atoms with Gasteiger partial charge in [0.25, 0.3) is 5.91 Å². The van der Waals surface area contributed by atoms with E-state index in [-0.39, 0.29) is 11.9 Å². The Labute approximate surface area is 114 Å². The molecule has 3 amide bonds. The normalized spacial score (nSPS) is 23.4. The van der Waals surface area contributed by atoms with Gasteiger partial charge < -0.3 is 4.90 Å². The molecule has 0 aliphatic carbocycles. The minimum atomic E-state index is -0.786. The second kappa shape index (κ2) is 4.68. The van der Waals surface area contributed by atoms with Gasteiger partial charge in [-0.25, -0.2) is 4.79 Å². The monoisotopic (exact) mass is 311 g/mol. The van der Waals surface area contributed by atoms with E-state index in [1.807, 2.05) is 19.1 Å². The summed E-state index contributed by atoms with van der Waals surface area (Å²) in [7, 11) is 0. The molecule has 1 aliphatic rings. The third kappa shape index (κ3) is 2.12. The number of urea groups is 1. The Morgan fingerprint density at radius 2 is 2.17 bits per heavy atom. The lowest BCUT2D eigenvalue weighted by atomic mass is 9.97. The van der Waals surface area contributed by atoms with E-state index in [4.69, 9.17) is 0 Å². The zero-order valence-electron chi connectivity index (χ0n) is 10.2. The molecule has 1 atom stereocenters. The number of pyridine rings is 1. The van der Waals surface area contributed by atoms with Crippen molar-refractivity contribution in [2.24, 2.45) is 0 Å².